The van der Waals surface area contributed by atoms with Gasteiger partial charge in [0.15, 0.2) is 0 Å². The first kappa shape index (κ1) is 7.86. The van der Waals surface area contributed by atoms with Crippen molar-refractivity contribution in [1.29, 1.82) is 0 Å². The topological polar surface area (TPSA) is 26.3 Å². The lowest BCUT2D eigenvalue weighted by molar-refractivity contribution is 0.112. The second-order valence-corrected chi connectivity index (χ2v) is 2.11. The minimum absolute atomic E-state index is 0.462. The molecule has 3 heteroatoms. The van der Waals surface area contributed by atoms with Crippen LogP contribution in [-0.2, 0) is 0 Å². The highest BCUT2D eigenvalue weighted by Gasteiger charge is 1.97. The van der Waals surface area contributed by atoms with Gasteiger partial charge in [-0.05, 0) is 12.1 Å². The smallest absolute Gasteiger partial charge is 0.149 e. The fraction of sp³-hybridized carbons (Fsp3) is 0.125. The molecular weight excluding hydrogens is 139 g/mol. The molecule has 0 bridgehead atoms. The molecule has 0 saturated heterocycles. The Labute approximate surface area is 66.6 Å². The molecule has 0 aromatic heterocycles. The monoisotopic (exact) mass is 146 g/mol. The van der Waals surface area contributed by atoms with E-state index in [0.29, 0.717) is 23.1 Å². The second kappa shape index (κ2) is 3.24. The van der Waals surface area contributed by atoms with Crippen molar-refractivity contribution in [3.05, 3.63) is 23.8 Å². The van der Waals surface area contributed by atoms with Gasteiger partial charge in [0.1, 0.15) is 19.9 Å². The Hall–Kier alpha value is -1.25. The quantitative estimate of drug-likeness (QED) is 0.443. The van der Waals surface area contributed by atoms with Crippen LogP contribution < -0.4 is 10.2 Å². The molecule has 1 aromatic carbocycles. The van der Waals surface area contributed by atoms with Crippen LogP contribution in [0.5, 0.6) is 5.75 Å². The normalized spacial score (nSPS) is 9.18. The molecule has 0 aliphatic heterocycles. The van der Waals surface area contributed by atoms with Crippen LogP contribution in [0.2, 0.25) is 0 Å². The molecule has 11 heavy (non-hydrogen) atoms. The zero-order chi connectivity index (χ0) is 8.27. The highest BCUT2D eigenvalue weighted by molar-refractivity contribution is 6.35. The third kappa shape index (κ3) is 1.61. The predicted octanol–water partition coefficient (Wildman–Crippen LogP) is 0.301. The molecule has 0 fully saturated rings. The SMILES string of the molecule is [B]c1ccc(OC)cc1C=O. The van der Waals surface area contributed by atoms with E-state index >= 15 is 0 Å². The molecular formula is C8H7BO2. The summed E-state index contributed by atoms with van der Waals surface area (Å²) >= 11 is 0. The van der Waals surface area contributed by atoms with E-state index < -0.39 is 0 Å². The number of benzene rings is 1. The van der Waals surface area contributed by atoms with Crippen LogP contribution in [0.1, 0.15) is 10.4 Å². The number of rotatable bonds is 2. The Morgan fingerprint density at radius 2 is 2.27 bits per heavy atom. The molecule has 54 valence electrons. The van der Waals surface area contributed by atoms with Crippen molar-refractivity contribution in [2.24, 2.45) is 0 Å². The van der Waals surface area contributed by atoms with Gasteiger partial charge in [-0.1, -0.05) is 11.5 Å². The van der Waals surface area contributed by atoms with E-state index in [1.165, 1.54) is 0 Å². The summed E-state index contributed by atoms with van der Waals surface area (Å²) in [4.78, 5) is 10.4. The molecule has 1 aromatic rings. The van der Waals surface area contributed by atoms with E-state index in [1.807, 2.05) is 0 Å². The number of carbonyl (C=O) groups excluding carboxylic acids is 1. The number of carbonyl (C=O) groups is 1. The summed E-state index contributed by atoms with van der Waals surface area (Å²) in [6.07, 6.45) is 0.706. The van der Waals surface area contributed by atoms with Crippen molar-refractivity contribution < 1.29 is 9.53 Å². The summed E-state index contributed by atoms with van der Waals surface area (Å²) in [6, 6.07) is 4.95. The Bertz CT molecular complexity index is 271. The predicted molar refractivity (Wildman–Crippen MR) is 43.8 cm³/mol. The molecule has 2 radical (unpaired) electrons. The van der Waals surface area contributed by atoms with Gasteiger partial charge in [0, 0.05) is 5.56 Å². The van der Waals surface area contributed by atoms with Crippen LogP contribution in [0.25, 0.3) is 0 Å². The molecule has 0 saturated carbocycles. The highest BCUT2D eigenvalue weighted by Crippen LogP contribution is 2.08. The third-order valence-corrected chi connectivity index (χ3v) is 1.42. The number of aldehydes is 1. The van der Waals surface area contributed by atoms with E-state index in [4.69, 9.17) is 12.6 Å². The van der Waals surface area contributed by atoms with Gasteiger partial charge in [-0.15, -0.1) is 0 Å². The Morgan fingerprint density at radius 3 is 2.82 bits per heavy atom. The van der Waals surface area contributed by atoms with Gasteiger partial charge in [0.2, 0.25) is 0 Å². The van der Waals surface area contributed by atoms with Crippen LogP contribution in [-0.4, -0.2) is 21.2 Å². The average molecular weight is 146 g/mol. The van der Waals surface area contributed by atoms with Crippen molar-refractivity contribution in [3.63, 3.8) is 0 Å². The summed E-state index contributed by atoms with van der Waals surface area (Å²) < 4.78 is 4.90. The van der Waals surface area contributed by atoms with E-state index in [-0.39, 0.29) is 0 Å². The molecule has 0 heterocycles. The van der Waals surface area contributed by atoms with Crippen LogP contribution in [0.15, 0.2) is 18.2 Å². The highest BCUT2D eigenvalue weighted by atomic mass is 16.5. The number of ether oxygens (including phenoxy) is 1. The van der Waals surface area contributed by atoms with E-state index in [1.54, 1.807) is 25.3 Å². The van der Waals surface area contributed by atoms with Gasteiger partial charge in [0.05, 0.1) is 7.11 Å². The lowest BCUT2D eigenvalue weighted by atomic mass is 9.91. The van der Waals surface area contributed by atoms with E-state index in [9.17, 15) is 4.79 Å². The molecule has 0 N–H and O–H groups in total. The molecule has 0 atom stereocenters. The Kier molecular flexibility index (Phi) is 2.31. The first-order valence-corrected chi connectivity index (χ1v) is 3.16. The standard InChI is InChI=1S/C8H7BO2/c1-11-7-2-3-8(9)6(4-7)5-10/h2-5H,1H3. The van der Waals surface area contributed by atoms with Gasteiger partial charge >= 0.3 is 0 Å². The summed E-state index contributed by atoms with van der Waals surface area (Å²) in [5.41, 5.74) is 0.935. The summed E-state index contributed by atoms with van der Waals surface area (Å²) in [7, 11) is 7.01. The van der Waals surface area contributed by atoms with Crippen molar-refractivity contribution in [3.8, 4) is 5.75 Å². The molecule has 0 aliphatic carbocycles. The summed E-state index contributed by atoms with van der Waals surface area (Å²) in [6.45, 7) is 0. The minimum atomic E-state index is 0.462. The van der Waals surface area contributed by atoms with Gasteiger partial charge in [-0.2, -0.15) is 0 Å². The lowest BCUT2D eigenvalue weighted by Crippen LogP contribution is -2.08. The maximum absolute atomic E-state index is 10.4. The fourth-order valence-electron chi connectivity index (χ4n) is 0.782. The van der Waals surface area contributed by atoms with Crippen LogP contribution in [0.3, 0.4) is 0 Å². The average Bonchev–Trinajstić information content (AvgIpc) is 2.05. The fourth-order valence-corrected chi connectivity index (χ4v) is 0.782. The lowest BCUT2D eigenvalue weighted by Gasteiger charge is -2.01. The first-order valence-electron chi connectivity index (χ1n) is 3.16. The molecule has 0 aliphatic rings. The van der Waals surface area contributed by atoms with Gasteiger partial charge in [-0.3, -0.25) is 4.79 Å². The zero-order valence-corrected chi connectivity index (χ0v) is 6.20. The summed E-state index contributed by atoms with van der Waals surface area (Å²) in [5, 5.41) is 0. The van der Waals surface area contributed by atoms with Crippen LogP contribution in [0, 0.1) is 0 Å². The molecule has 0 amide bonds. The first-order chi connectivity index (χ1) is 5.27. The molecule has 1 rings (SSSR count). The van der Waals surface area contributed by atoms with Crippen molar-refractivity contribution in [2.45, 2.75) is 0 Å². The number of methoxy groups -OCH3 is 1. The van der Waals surface area contributed by atoms with Crippen molar-refractivity contribution >= 4 is 19.6 Å². The van der Waals surface area contributed by atoms with Gasteiger partial charge in [-0.25, -0.2) is 0 Å². The van der Waals surface area contributed by atoms with E-state index in [0.717, 1.165) is 0 Å². The molecule has 0 spiro atoms. The Morgan fingerprint density at radius 1 is 1.55 bits per heavy atom. The van der Waals surface area contributed by atoms with Crippen molar-refractivity contribution in [1.82, 2.24) is 0 Å². The third-order valence-electron chi connectivity index (χ3n) is 1.42. The Balaban J connectivity index is 3.12. The van der Waals surface area contributed by atoms with Crippen LogP contribution in [0.4, 0.5) is 0 Å². The van der Waals surface area contributed by atoms with Gasteiger partial charge < -0.3 is 4.74 Å². The van der Waals surface area contributed by atoms with Gasteiger partial charge in [0.25, 0.3) is 0 Å². The maximum atomic E-state index is 10.4. The van der Waals surface area contributed by atoms with Crippen molar-refractivity contribution in [2.75, 3.05) is 7.11 Å². The minimum Gasteiger partial charge on any atom is -0.497 e. The summed E-state index contributed by atoms with van der Waals surface area (Å²) in [5.74, 6) is 0.640. The largest absolute Gasteiger partial charge is 0.497 e. The zero-order valence-electron chi connectivity index (χ0n) is 6.20. The molecule has 2 nitrogen and oxygen atoms in total. The van der Waals surface area contributed by atoms with Crippen LogP contribution >= 0.6 is 0 Å². The van der Waals surface area contributed by atoms with E-state index in [2.05, 4.69) is 0 Å². The maximum Gasteiger partial charge on any atom is 0.149 e. The second-order valence-electron chi connectivity index (χ2n) is 2.11. The number of hydrogen-bond donors (Lipinski definition) is 0. The molecule has 0 unspecified atom stereocenters. The number of hydrogen-bond acceptors (Lipinski definition) is 2.